The Labute approximate surface area is 183 Å². The summed E-state index contributed by atoms with van der Waals surface area (Å²) in [6, 6.07) is 8.10. The Hall–Kier alpha value is -1.95. The number of benzene rings is 1. The van der Waals surface area contributed by atoms with Crippen LogP contribution in [0.1, 0.15) is 57.4 Å². The summed E-state index contributed by atoms with van der Waals surface area (Å²) < 4.78 is 28.2. The molecule has 31 heavy (non-hydrogen) atoms. The smallest absolute Gasteiger partial charge is 0.245 e. The summed E-state index contributed by atoms with van der Waals surface area (Å²) in [5, 5.41) is 23.4. The summed E-state index contributed by atoms with van der Waals surface area (Å²) in [6.45, 7) is 1.96. The maximum Gasteiger partial charge on any atom is 0.245 e. The molecule has 0 radical (unpaired) electrons. The summed E-state index contributed by atoms with van der Waals surface area (Å²) >= 11 is 0. The highest BCUT2D eigenvalue weighted by Gasteiger charge is 2.57. The van der Waals surface area contributed by atoms with Gasteiger partial charge >= 0.3 is 0 Å². The Morgan fingerprint density at radius 3 is 2.55 bits per heavy atom. The van der Waals surface area contributed by atoms with E-state index in [4.69, 9.17) is 0 Å². The monoisotopic (exact) mass is 443 g/mol. The van der Waals surface area contributed by atoms with Gasteiger partial charge in [0.2, 0.25) is 15.9 Å². The van der Waals surface area contributed by atoms with E-state index in [9.17, 15) is 23.6 Å². The molecule has 0 spiro atoms. The molecular formula is C23H29N3O4S. The van der Waals surface area contributed by atoms with Crippen molar-refractivity contribution >= 4 is 15.9 Å². The second-order valence-corrected chi connectivity index (χ2v) is 12.1. The zero-order valence-electron chi connectivity index (χ0n) is 17.8. The third-order valence-corrected chi connectivity index (χ3v) is 10.3. The quantitative estimate of drug-likeness (QED) is 0.741. The number of carbonyl (C=O) groups is 1. The van der Waals surface area contributed by atoms with Crippen LogP contribution >= 0.6 is 0 Å². The molecule has 8 heteroatoms. The number of hydrogen-bond acceptors (Lipinski definition) is 5. The van der Waals surface area contributed by atoms with Crippen molar-refractivity contribution in [3.63, 3.8) is 0 Å². The lowest BCUT2D eigenvalue weighted by Crippen LogP contribution is -2.65. The van der Waals surface area contributed by atoms with Crippen molar-refractivity contribution in [3.8, 4) is 6.07 Å². The van der Waals surface area contributed by atoms with Crippen LogP contribution < -0.4 is 5.32 Å². The second-order valence-electron chi connectivity index (χ2n) is 10.3. The predicted octanol–water partition coefficient (Wildman–Crippen LogP) is 2.16. The SMILES string of the molecule is C[C@]1(C(=O)NC2[C@@H]3CC4C[C@H]2CC(O)(C4)C3)CCCN1S(=O)(=O)c1ccccc1C#N. The van der Waals surface area contributed by atoms with Gasteiger partial charge in [-0.3, -0.25) is 4.79 Å². The highest BCUT2D eigenvalue weighted by Crippen LogP contribution is 2.55. The second kappa shape index (κ2) is 7.03. The van der Waals surface area contributed by atoms with E-state index in [1.165, 1.54) is 16.4 Å². The Morgan fingerprint density at radius 2 is 1.90 bits per heavy atom. The van der Waals surface area contributed by atoms with Crippen LogP contribution in [0.25, 0.3) is 0 Å². The number of hydrogen-bond donors (Lipinski definition) is 2. The number of sulfonamides is 1. The van der Waals surface area contributed by atoms with Gasteiger partial charge in [-0.05, 0) is 81.8 Å². The molecule has 1 heterocycles. The highest BCUT2D eigenvalue weighted by atomic mass is 32.2. The third kappa shape index (κ3) is 3.21. The first-order valence-electron chi connectivity index (χ1n) is 11.2. The van der Waals surface area contributed by atoms with Gasteiger partial charge < -0.3 is 10.4 Å². The molecule has 2 N–H and O–H groups in total. The predicted molar refractivity (Wildman–Crippen MR) is 113 cm³/mol. The largest absolute Gasteiger partial charge is 0.390 e. The van der Waals surface area contributed by atoms with Crippen molar-refractivity contribution in [2.45, 2.75) is 73.9 Å². The molecule has 1 aromatic carbocycles. The number of nitrogens with zero attached hydrogens (tertiary/aromatic N) is 2. The molecule has 1 amide bonds. The van der Waals surface area contributed by atoms with Crippen LogP contribution in [0.5, 0.6) is 0 Å². The first-order chi connectivity index (χ1) is 14.7. The van der Waals surface area contributed by atoms with Crippen LogP contribution in [0.4, 0.5) is 0 Å². The number of nitriles is 1. The molecule has 5 fully saturated rings. The van der Waals surface area contributed by atoms with E-state index in [1.54, 1.807) is 19.1 Å². The van der Waals surface area contributed by atoms with Gasteiger partial charge in [-0.25, -0.2) is 8.42 Å². The van der Waals surface area contributed by atoms with Crippen molar-refractivity contribution in [2.75, 3.05) is 6.54 Å². The van der Waals surface area contributed by atoms with E-state index in [0.717, 1.165) is 32.1 Å². The molecule has 6 atom stereocenters. The minimum Gasteiger partial charge on any atom is -0.390 e. The molecule has 6 rings (SSSR count). The first-order valence-corrected chi connectivity index (χ1v) is 12.7. The molecule has 4 saturated carbocycles. The fourth-order valence-electron chi connectivity index (χ4n) is 6.98. The summed E-state index contributed by atoms with van der Waals surface area (Å²) in [5.74, 6) is 0.800. The van der Waals surface area contributed by atoms with Gasteiger partial charge in [-0.15, -0.1) is 0 Å². The van der Waals surface area contributed by atoms with Crippen molar-refractivity contribution < 1.29 is 18.3 Å². The molecule has 0 aromatic heterocycles. The van der Waals surface area contributed by atoms with Crippen LogP contribution in [0.2, 0.25) is 0 Å². The number of nitrogens with one attached hydrogen (secondary N) is 1. The average molecular weight is 444 g/mol. The molecule has 1 aliphatic heterocycles. The number of aliphatic hydroxyl groups is 1. The summed E-state index contributed by atoms with van der Waals surface area (Å²) in [5.41, 5.74) is -1.68. The van der Waals surface area contributed by atoms with E-state index in [-0.39, 0.29) is 40.8 Å². The maximum absolute atomic E-state index is 13.5. The van der Waals surface area contributed by atoms with E-state index >= 15 is 0 Å². The normalized spacial score (nSPS) is 39.4. The van der Waals surface area contributed by atoms with Gasteiger partial charge in [-0.1, -0.05) is 12.1 Å². The molecule has 1 aromatic rings. The van der Waals surface area contributed by atoms with Crippen LogP contribution in [-0.4, -0.2) is 47.5 Å². The van der Waals surface area contributed by atoms with Crippen LogP contribution in [0.15, 0.2) is 29.2 Å². The van der Waals surface area contributed by atoms with E-state index in [0.29, 0.717) is 18.8 Å². The minimum absolute atomic E-state index is 0.00213. The van der Waals surface area contributed by atoms with Gasteiger partial charge in [-0.2, -0.15) is 9.57 Å². The molecule has 4 bridgehead atoms. The molecule has 1 saturated heterocycles. The van der Waals surface area contributed by atoms with Crippen LogP contribution in [0, 0.1) is 29.1 Å². The summed E-state index contributed by atoms with van der Waals surface area (Å²) in [7, 11) is -4.00. The van der Waals surface area contributed by atoms with Gasteiger partial charge in [0.1, 0.15) is 11.6 Å². The van der Waals surface area contributed by atoms with Gasteiger partial charge in [0, 0.05) is 12.6 Å². The minimum atomic E-state index is -4.00. The first kappa shape index (κ1) is 20.9. The lowest BCUT2D eigenvalue weighted by atomic mass is 9.52. The standard InChI is InChI=1S/C23H29N3O4S/c1-22(7-4-8-26(22)31(29,30)19-6-3-2-5-16(19)14-24)21(27)25-20-17-9-15-10-18(20)13-23(28,11-15)12-17/h2-3,5-6,15,17-18,20,28H,4,7-13H2,1H3,(H,25,27)/t15?,17-,18+,20?,22-,23?/m1/s1. The molecule has 166 valence electrons. The fraction of sp³-hybridized carbons (Fsp3) is 0.652. The number of rotatable bonds is 4. The van der Waals surface area contributed by atoms with Gasteiger partial charge in [0.15, 0.2) is 0 Å². The van der Waals surface area contributed by atoms with E-state index < -0.39 is 21.2 Å². The van der Waals surface area contributed by atoms with Crippen molar-refractivity contribution in [1.82, 2.24) is 9.62 Å². The molecule has 7 nitrogen and oxygen atoms in total. The molecular weight excluding hydrogens is 414 g/mol. The fourth-order valence-corrected chi connectivity index (χ4v) is 8.93. The van der Waals surface area contributed by atoms with E-state index in [1.807, 2.05) is 6.07 Å². The Balaban J connectivity index is 1.40. The molecule has 4 aliphatic carbocycles. The Kier molecular flexibility index (Phi) is 4.74. The van der Waals surface area contributed by atoms with Gasteiger partial charge in [0.25, 0.3) is 0 Å². The van der Waals surface area contributed by atoms with Crippen LogP contribution in [0.3, 0.4) is 0 Å². The summed E-state index contributed by atoms with van der Waals surface area (Å²) in [6.07, 6.45) is 5.41. The molecule has 5 aliphatic rings. The van der Waals surface area contributed by atoms with Crippen LogP contribution in [-0.2, 0) is 14.8 Å². The van der Waals surface area contributed by atoms with E-state index in [2.05, 4.69) is 5.32 Å². The van der Waals surface area contributed by atoms with Crippen molar-refractivity contribution in [1.29, 1.82) is 5.26 Å². The Bertz CT molecular complexity index is 1050. The number of carbonyl (C=O) groups excluding carboxylic acids is 1. The topological polar surface area (TPSA) is 110 Å². The maximum atomic E-state index is 13.5. The van der Waals surface area contributed by atoms with Crippen molar-refractivity contribution in [2.24, 2.45) is 17.8 Å². The average Bonchev–Trinajstić information content (AvgIpc) is 3.13. The summed E-state index contributed by atoms with van der Waals surface area (Å²) in [4.78, 5) is 13.5. The Morgan fingerprint density at radius 1 is 1.23 bits per heavy atom. The van der Waals surface area contributed by atoms with Crippen molar-refractivity contribution in [3.05, 3.63) is 29.8 Å². The third-order valence-electron chi connectivity index (χ3n) is 8.18. The highest BCUT2D eigenvalue weighted by molar-refractivity contribution is 7.89. The molecule has 3 unspecified atom stereocenters. The van der Waals surface area contributed by atoms with Gasteiger partial charge in [0.05, 0.1) is 16.1 Å². The zero-order valence-corrected chi connectivity index (χ0v) is 18.6. The zero-order chi connectivity index (χ0) is 22.0. The number of amides is 1. The lowest BCUT2D eigenvalue weighted by Gasteiger charge is -2.58. The lowest BCUT2D eigenvalue weighted by molar-refractivity contribution is -0.150.